The van der Waals surface area contributed by atoms with Gasteiger partial charge in [0.05, 0.1) is 12.3 Å². The highest BCUT2D eigenvalue weighted by molar-refractivity contribution is 6.76. The maximum absolute atomic E-state index is 15.0. The molecule has 65 heavy (non-hydrogen) atoms. The zero-order valence-corrected chi connectivity index (χ0v) is 35.0. The van der Waals surface area contributed by atoms with E-state index in [-0.39, 0.29) is 11.3 Å². The summed E-state index contributed by atoms with van der Waals surface area (Å²) in [6.07, 6.45) is -10.9. The van der Waals surface area contributed by atoms with Crippen molar-refractivity contribution in [2.75, 3.05) is 18.5 Å². The van der Waals surface area contributed by atoms with E-state index >= 15 is 0 Å². The molecule has 0 aromatic heterocycles. The van der Waals surface area contributed by atoms with Crippen molar-refractivity contribution in [3.8, 4) is 5.75 Å². The molecule has 3 N–H and O–H groups in total. The summed E-state index contributed by atoms with van der Waals surface area (Å²) in [5.41, 5.74) is -0.823. The van der Waals surface area contributed by atoms with E-state index < -0.39 is 134 Å². The normalized spacial score (nSPS) is 15.1. The summed E-state index contributed by atoms with van der Waals surface area (Å²) in [5.74, 6) is -61.0. The molecule has 0 aliphatic carbocycles. The lowest BCUT2D eigenvalue weighted by Crippen LogP contribution is -2.74. The predicted octanol–water partition coefficient (Wildman–Crippen LogP) is 12.5. The fraction of sp³-hybridized carbons (Fsp3) is 0.568. The van der Waals surface area contributed by atoms with Crippen molar-refractivity contribution in [2.45, 2.75) is 112 Å². The number of benzene rings is 2. The summed E-state index contributed by atoms with van der Waals surface area (Å²) in [7, 11) is -4.07. The van der Waals surface area contributed by atoms with Gasteiger partial charge in [-0.15, -0.1) is 0 Å². The molecule has 2 amide bonds. The summed E-state index contributed by atoms with van der Waals surface area (Å²) >= 11 is 0. The van der Waals surface area contributed by atoms with Gasteiger partial charge in [-0.1, -0.05) is 52.8 Å². The predicted molar refractivity (Wildman–Crippen MR) is 191 cm³/mol. The first-order valence-corrected chi connectivity index (χ1v) is 20.7. The Hall–Kier alpha value is -4.47. The van der Waals surface area contributed by atoms with Crippen LogP contribution in [0.4, 0.5) is 93.9 Å². The maximum atomic E-state index is 15.0. The first-order valence-electron chi connectivity index (χ1n) is 18.5. The number of hydrogen-bond donors (Lipinski definition) is 3. The van der Waals surface area contributed by atoms with E-state index in [0.717, 1.165) is 18.2 Å². The van der Waals surface area contributed by atoms with Crippen LogP contribution in [0.15, 0.2) is 54.6 Å². The van der Waals surface area contributed by atoms with Crippen molar-refractivity contribution in [2.24, 2.45) is 5.92 Å². The van der Waals surface area contributed by atoms with Gasteiger partial charge >= 0.3 is 53.7 Å². The molecular formula is C37H39F19N2O6Si. The van der Waals surface area contributed by atoms with E-state index in [0.29, 0.717) is 6.07 Å². The van der Waals surface area contributed by atoms with Crippen LogP contribution >= 0.6 is 0 Å². The number of anilines is 1. The molecule has 370 valence electrons. The van der Waals surface area contributed by atoms with Gasteiger partial charge in [-0.3, -0.25) is 15.3 Å². The molecule has 2 atom stereocenters. The van der Waals surface area contributed by atoms with E-state index in [9.17, 15) is 93.0 Å². The Morgan fingerprint density at radius 2 is 1.18 bits per heavy atom. The van der Waals surface area contributed by atoms with Crippen LogP contribution in [0.5, 0.6) is 5.75 Å². The molecule has 0 radical (unpaired) electrons. The number of halogens is 19. The van der Waals surface area contributed by atoms with Crippen LogP contribution in [0.2, 0.25) is 17.1 Å². The lowest BCUT2D eigenvalue weighted by atomic mass is 9.88. The Morgan fingerprint density at radius 1 is 0.692 bits per heavy atom. The van der Waals surface area contributed by atoms with Crippen LogP contribution in [0.3, 0.4) is 0 Å². The summed E-state index contributed by atoms with van der Waals surface area (Å²) in [4.78, 5) is 24.2. The molecular weight excluding hydrogens is 957 g/mol. The van der Waals surface area contributed by atoms with Gasteiger partial charge in [-0.05, 0) is 47.0 Å². The smallest absolute Gasteiger partial charge is 0.460 e. The monoisotopic (exact) mass is 996 g/mol. The van der Waals surface area contributed by atoms with Gasteiger partial charge in [-0.2, -0.15) is 74.6 Å². The molecule has 0 heterocycles. The summed E-state index contributed by atoms with van der Waals surface area (Å²) in [6, 6.07) is 5.97. The molecule has 0 unspecified atom stereocenters. The maximum Gasteiger partial charge on any atom is 0.460 e. The summed E-state index contributed by atoms with van der Waals surface area (Å²) in [5, 5.41) is 10.8. The third-order valence-corrected chi connectivity index (χ3v) is 15.7. The number of ether oxygens (including phenoxy) is 2. The van der Waals surface area contributed by atoms with Crippen molar-refractivity contribution in [3.05, 3.63) is 71.8 Å². The van der Waals surface area contributed by atoms with E-state index in [4.69, 9.17) is 19.1 Å². The third-order valence-electron chi connectivity index (χ3n) is 10.0. The zero-order valence-electron chi connectivity index (χ0n) is 34.0. The molecule has 28 heteroatoms. The lowest BCUT2D eigenvalue weighted by Gasteiger charge is -2.44. The first kappa shape index (κ1) is 56.7. The molecule has 0 aliphatic rings. The van der Waals surface area contributed by atoms with E-state index in [2.05, 4.69) is 5.32 Å². The molecule has 2 rings (SSSR count). The van der Waals surface area contributed by atoms with Gasteiger partial charge in [0.1, 0.15) is 30.1 Å². The molecule has 0 fully saturated rings. The summed E-state index contributed by atoms with van der Waals surface area (Å²) in [6.45, 7) is 5.44. The molecule has 0 saturated carbocycles. The Kier molecular flexibility index (Phi) is 17.6. The first-order chi connectivity index (χ1) is 29.3. The fourth-order valence-electron chi connectivity index (χ4n) is 6.20. The minimum absolute atomic E-state index is 0.00265. The highest BCUT2D eigenvalue weighted by Gasteiger charge is 2.95. The minimum atomic E-state index is -8.73. The molecule has 0 saturated heterocycles. The van der Waals surface area contributed by atoms with E-state index in [1.807, 2.05) is 0 Å². The fourth-order valence-corrected chi connectivity index (χ4v) is 10.7. The van der Waals surface area contributed by atoms with Crippen molar-refractivity contribution in [3.63, 3.8) is 0 Å². The molecule has 0 bridgehead atoms. The van der Waals surface area contributed by atoms with Crippen molar-refractivity contribution in [1.82, 2.24) is 5.48 Å². The van der Waals surface area contributed by atoms with Gasteiger partial charge in [0.25, 0.3) is 5.91 Å². The van der Waals surface area contributed by atoms with Crippen LogP contribution in [-0.4, -0.2) is 86.4 Å². The topological polar surface area (TPSA) is 106 Å². The second-order valence-corrected chi connectivity index (χ2v) is 20.0. The van der Waals surface area contributed by atoms with Crippen LogP contribution in [0.1, 0.15) is 52.7 Å². The molecule has 8 nitrogen and oxygen atoms in total. The van der Waals surface area contributed by atoms with Crippen LogP contribution < -0.4 is 15.5 Å². The molecule has 0 aliphatic heterocycles. The lowest BCUT2D eigenvalue weighted by molar-refractivity contribution is -0.461. The Morgan fingerprint density at radius 3 is 1.65 bits per heavy atom. The summed E-state index contributed by atoms with van der Waals surface area (Å²) < 4.78 is 280. The molecule has 2 aromatic rings. The average Bonchev–Trinajstić information content (AvgIpc) is 3.18. The van der Waals surface area contributed by atoms with Gasteiger partial charge in [0.2, 0.25) is 0 Å². The highest BCUT2D eigenvalue weighted by atomic mass is 28.4. The van der Waals surface area contributed by atoms with Gasteiger partial charge in [-0.25, -0.2) is 19.1 Å². The highest BCUT2D eigenvalue weighted by Crippen LogP contribution is 2.64. The number of nitrogens with one attached hydrogen (secondary N) is 2. The average molecular weight is 997 g/mol. The molecule has 0 spiro atoms. The van der Waals surface area contributed by atoms with Crippen molar-refractivity contribution in [1.29, 1.82) is 0 Å². The van der Waals surface area contributed by atoms with E-state index in [1.54, 1.807) is 0 Å². The number of amides is 2. The Bertz CT molecular complexity index is 1960. The van der Waals surface area contributed by atoms with Crippen LogP contribution in [0.25, 0.3) is 0 Å². The van der Waals surface area contributed by atoms with Crippen molar-refractivity contribution >= 4 is 26.0 Å². The minimum Gasteiger partial charge on any atom is -0.491 e. The zero-order chi connectivity index (χ0) is 50.6. The Labute approximate surface area is 357 Å². The SMILES string of the molecule is CC(C)[Si](CCC(F)(F)C(F)(F)C(F)(F)C(F)(F)C(F)(F)C(F)(F)C(F)(F)C(F)(F)F)(OCCOc1ccc([C@@H](OC(=O)Nc2ccc(F)cc2F)[C@@H](C)/C=C/C(=O)NO)cc1)C(C)C. The van der Waals surface area contributed by atoms with E-state index in [1.165, 1.54) is 70.4 Å². The third kappa shape index (κ3) is 11.4. The number of carbonyl (C=O) groups excluding carboxylic acids is 2. The molecule has 2 aromatic carbocycles. The number of hydroxylamine groups is 1. The van der Waals surface area contributed by atoms with Crippen LogP contribution in [0, 0.1) is 17.6 Å². The van der Waals surface area contributed by atoms with Gasteiger partial charge in [0, 0.05) is 24.5 Å². The number of carbonyl (C=O) groups is 2. The number of alkyl halides is 17. The van der Waals surface area contributed by atoms with Gasteiger partial charge in [0.15, 0.2) is 8.32 Å². The second kappa shape index (κ2) is 20.2. The van der Waals surface area contributed by atoms with Crippen LogP contribution in [-0.2, 0) is 14.0 Å². The quantitative estimate of drug-likeness (QED) is 0.0271. The largest absolute Gasteiger partial charge is 0.491 e. The second-order valence-electron chi connectivity index (χ2n) is 14.9. The van der Waals surface area contributed by atoms with Crippen molar-refractivity contribution < 1.29 is 112 Å². The Balaban J connectivity index is 2.30. The number of rotatable bonds is 22. The number of hydrogen-bond acceptors (Lipinski definition) is 6. The van der Waals surface area contributed by atoms with Gasteiger partial charge < -0.3 is 13.9 Å². The standard InChI is InChI=1S/C37H39F19N2O6Si/c1-19(2)65(20(3)4,17-14-30(40,41)31(42,43)32(44,45)33(46,47)34(48,49)35(50,51)36(52,53)37(54,55)56)63-16-15-62-24-10-7-22(8-11-24)28(21(5)6-13-27(59)58-61)64-29(60)57-26-12-9-23(38)18-25(26)39/h6-13,18-21,28,61H,14-17H2,1-5H3,(H,57,60)(H,58,59)/b13-6+/t21-,28-/m0/s1.